The standard InChI is InChI=1S/C14H19ClN2O3S/c1-21(19,20)17-8-2-3-12(10-17)14(18)16-9-11-4-6-13(15)7-5-11/h4-7,12H,2-3,8-10H2,1H3,(H,16,18). The number of halogens is 1. The summed E-state index contributed by atoms with van der Waals surface area (Å²) in [6.07, 6.45) is 2.62. The third-order valence-corrected chi connectivity index (χ3v) is 5.13. The molecule has 2 rings (SSSR count). The molecule has 1 aliphatic heterocycles. The predicted octanol–water partition coefficient (Wildman–Crippen LogP) is 1.63. The van der Waals surface area contributed by atoms with Gasteiger partial charge in [0.1, 0.15) is 0 Å². The molecular formula is C14H19ClN2O3S. The second-order valence-corrected chi connectivity index (χ2v) is 7.72. The van der Waals surface area contributed by atoms with Crippen molar-refractivity contribution in [1.82, 2.24) is 9.62 Å². The molecule has 21 heavy (non-hydrogen) atoms. The highest BCUT2D eigenvalue weighted by atomic mass is 35.5. The van der Waals surface area contributed by atoms with Gasteiger partial charge in [0.25, 0.3) is 0 Å². The maximum absolute atomic E-state index is 12.2. The molecule has 1 fully saturated rings. The maximum Gasteiger partial charge on any atom is 0.224 e. The molecule has 1 amide bonds. The summed E-state index contributed by atoms with van der Waals surface area (Å²) in [5.74, 6) is -0.376. The minimum absolute atomic E-state index is 0.0988. The number of carbonyl (C=O) groups is 1. The highest BCUT2D eigenvalue weighted by Gasteiger charge is 2.29. The highest BCUT2D eigenvalue weighted by Crippen LogP contribution is 2.19. The van der Waals surface area contributed by atoms with Gasteiger partial charge in [0.05, 0.1) is 12.2 Å². The summed E-state index contributed by atoms with van der Waals surface area (Å²) in [6, 6.07) is 7.25. The first-order chi connectivity index (χ1) is 9.86. The molecule has 0 spiro atoms. The van der Waals surface area contributed by atoms with Crippen molar-refractivity contribution >= 4 is 27.5 Å². The van der Waals surface area contributed by atoms with Crippen LogP contribution in [-0.2, 0) is 21.4 Å². The number of piperidine rings is 1. The second kappa shape index (κ2) is 6.77. The minimum atomic E-state index is -3.23. The lowest BCUT2D eigenvalue weighted by molar-refractivity contribution is -0.126. The Morgan fingerprint density at radius 1 is 1.38 bits per heavy atom. The predicted molar refractivity (Wildman–Crippen MR) is 82.4 cm³/mol. The first-order valence-electron chi connectivity index (χ1n) is 6.83. The summed E-state index contributed by atoms with van der Waals surface area (Å²) in [7, 11) is -3.23. The minimum Gasteiger partial charge on any atom is -0.352 e. The SMILES string of the molecule is CS(=O)(=O)N1CCCC(C(=O)NCc2ccc(Cl)cc2)C1. The smallest absolute Gasteiger partial charge is 0.224 e. The molecule has 1 unspecified atom stereocenters. The fraction of sp³-hybridized carbons (Fsp3) is 0.500. The first kappa shape index (κ1) is 16.3. The molecule has 0 saturated carbocycles. The third kappa shape index (κ3) is 4.69. The fourth-order valence-corrected chi connectivity index (χ4v) is 3.43. The highest BCUT2D eigenvalue weighted by molar-refractivity contribution is 7.88. The maximum atomic E-state index is 12.2. The van der Waals surface area contributed by atoms with E-state index in [1.54, 1.807) is 12.1 Å². The van der Waals surface area contributed by atoms with E-state index >= 15 is 0 Å². The molecule has 5 nitrogen and oxygen atoms in total. The average molecular weight is 331 g/mol. The van der Waals surface area contributed by atoms with Crippen molar-refractivity contribution in [1.29, 1.82) is 0 Å². The van der Waals surface area contributed by atoms with Gasteiger partial charge in [-0.1, -0.05) is 23.7 Å². The lowest BCUT2D eigenvalue weighted by Gasteiger charge is -2.30. The number of amides is 1. The van der Waals surface area contributed by atoms with Crippen molar-refractivity contribution in [2.24, 2.45) is 5.92 Å². The fourth-order valence-electron chi connectivity index (χ4n) is 2.39. The molecule has 1 heterocycles. The van der Waals surface area contributed by atoms with Gasteiger partial charge in [0.15, 0.2) is 0 Å². The number of benzene rings is 1. The van der Waals surface area contributed by atoms with Gasteiger partial charge in [-0.3, -0.25) is 4.79 Å². The summed E-state index contributed by atoms with van der Waals surface area (Å²) >= 11 is 5.81. The van der Waals surface area contributed by atoms with Gasteiger partial charge in [-0.25, -0.2) is 12.7 Å². The molecule has 1 aromatic carbocycles. The van der Waals surface area contributed by atoms with Crippen molar-refractivity contribution in [2.75, 3.05) is 19.3 Å². The lowest BCUT2D eigenvalue weighted by Crippen LogP contribution is -2.44. The molecule has 7 heteroatoms. The normalized spacial score (nSPS) is 20.2. The summed E-state index contributed by atoms with van der Waals surface area (Å²) in [5, 5.41) is 3.51. The van der Waals surface area contributed by atoms with Crippen LogP contribution >= 0.6 is 11.6 Å². The quantitative estimate of drug-likeness (QED) is 0.912. The summed E-state index contributed by atoms with van der Waals surface area (Å²) in [5.41, 5.74) is 0.962. The van der Waals surface area contributed by atoms with E-state index < -0.39 is 10.0 Å². The van der Waals surface area contributed by atoms with Crippen molar-refractivity contribution < 1.29 is 13.2 Å². The van der Waals surface area contributed by atoms with Crippen molar-refractivity contribution in [3.05, 3.63) is 34.9 Å². The van der Waals surface area contributed by atoms with Crippen LogP contribution in [0.25, 0.3) is 0 Å². The number of nitrogens with zero attached hydrogens (tertiary/aromatic N) is 1. The van der Waals surface area contributed by atoms with E-state index in [1.165, 1.54) is 10.6 Å². The number of carbonyl (C=O) groups excluding carboxylic acids is 1. The Bertz CT molecular complexity index is 601. The number of sulfonamides is 1. The zero-order chi connectivity index (χ0) is 15.5. The van der Waals surface area contributed by atoms with Gasteiger partial charge < -0.3 is 5.32 Å². The van der Waals surface area contributed by atoms with E-state index in [-0.39, 0.29) is 18.4 Å². The van der Waals surface area contributed by atoms with Crippen LogP contribution in [0.15, 0.2) is 24.3 Å². The molecule has 116 valence electrons. The molecule has 1 aliphatic rings. The number of hydrogen-bond donors (Lipinski definition) is 1. The molecule has 1 aromatic rings. The Morgan fingerprint density at radius 3 is 2.67 bits per heavy atom. The Balaban J connectivity index is 1.89. The third-order valence-electron chi connectivity index (χ3n) is 3.60. The monoisotopic (exact) mass is 330 g/mol. The van der Waals surface area contributed by atoms with Crippen LogP contribution in [0.2, 0.25) is 5.02 Å². The van der Waals surface area contributed by atoms with Crippen molar-refractivity contribution in [2.45, 2.75) is 19.4 Å². The van der Waals surface area contributed by atoms with E-state index in [0.717, 1.165) is 12.0 Å². The van der Waals surface area contributed by atoms with Gasteiger partial charge in [-0.15, -0.1) is 0 Å². The largest absolute Gasteiger partial charge is 0.352 e. The second-order valence-electron chi connectivity index (χ2n) is 5.30. The average Bonchev–Trinajstić information content (AvgIpc) is 2.45. The lowest BCUT2D eigenvalue weighted by atomic mass is 9.99. The van der Waals surface area contributed by atoms with Gasteiger partial charge in [-0.2, -0.15) is 0 Å². The van der Waals surface area contributed by atoms with E-state index in [9.17, 15) is 13.2 Å². The van der Waals surface area contributed by atoms with Crippen molar-refractivity contribution in [3.63, 3.8) is 0 Å². The molecule has 1 saturated heterocycles. The number of hydrogen-bond acceptors (Lipinski definition) is 3. The van der Waals surface area contributed by atoms with Crippen LogP contribution in [0, 0.1) is 5.92 Å². The Labute approximate surface area is 130 Å². The van der Waals surface area contributed by atoms with E-state index in [1.807, 2.05) is 12.1 Å². The van der Waals surface area contributed by atoms with E-state index in [4.69, 9.17) is 11.6 Å². The van der Waals surface area contributed by atoms with Gasteiger partial charge in [0, 0.05) is 24.7 Å². The number of rotatable bonds is 4. The Hall–Kier alpha value is -1.11. The molecule has 0 aliphatic carbocycles. The molecular weight excluding hydrogens is 312 g/mol. The van der Waals surface area contributed by atoms with E-state index in [0.29, 0.717) is 24.5 Å². The van der Waals surface area contributed by atoms with Gasteiger partial charge >= 0.3 is 0 Å². The van der Waals surface area contributed by atoms with Gasteiger partial charge in [-0.05, 0) is 30.5 Å². The zero-order valence-electron chi connectivity index (χ0n) is 11.9. The van der Waals surface area contributed by atoms with Crippen LogP contribution in [-0.4, -0.2) is 38.0 Å². The Kier molecular flexibility index (Phi) is 5.24. The van der Waals surface area contributed by atoms with Crippen LogP contribution in [0.4, 0.5) is 0 Å². The Morgan fingerprint density at radius 2 is 2.05 bits per heavy atom. The van der Waals surface area contributed by atoms with Crippen LogP contribution in [0.5, 0.6) is 0 Å². The van der Waals surface area contributed by atoms with Crippen LogP contribution in [0.1, 0.15) is 18.4 Å². The van der Waals surface area contributed by atoms with Gasteiger partial charge in [0.2, 0.25) is 15.9 Å². The summed E-state index contributed by atoms with van der Waals surface area (Å²) in [6.45, 7) is 1.19. The van der Waals surface area contributed by atoms with Crippen LogP contribution < -0.4 is 5.32 Å². The molecule has 0 radical (unpaired) electrons. The van der Waals surface area contributed by atoms with Crippen LogP contribution in [0.3, 0.4) is 0 Å². The molecule has 0 bridgehead atoms. The van der Waals surface area contributed by atoms with E-state index in [2.05, 4.69) is 5.32 Å². The summed E-state index contributed by atoms with van der Waals surface area (Å²) in [4.78, 5) is 12.2. The first-order valence-corrected chi connectivity index (χ1v) is 9.06. The number of nitrogens with one attached hydrogen (secondary N) is 1. The van der Waals surface area contributed by atoms with Crippen molar-refractivity contribution in [3.8, 4) is 0 Å². The molecule has 0 aromatic heterocycles. The topological polar surface area (TPSA) is 66.5 Å². The zero-order valence-corrected chi connectivity index (χ0v) is 13.5. The summed E-state index contributed by atoms with van der Waals surface area (Å²) < 4.78 is 24.5. The molecule has 1 N–H and O–H groups in total. The molecule has 1 atom stereocenters.